The van der Waals surface area contributed by atoms with Gasteiger partial charge in [-0.3, -0.25) is 4.79 Å². The first-order valence-corrected chi connectivity index (χ1v) is 9.33. The number of aliphatic carboxylic acids is 1. The molecule has 1 atom stereocenters. The van der Waals surface area contributed by atoms with Gasteiger partial charge in [0.05, 0.1) is 25.2 Å². The second-order valence-electron chi connectivity index (χ2n) is 7.18. The molecule has 0 aliphatic carbocycles. The van der Waals surface area contributed by atoms with Crippen LogP contribution in [0.1, 0.15) is 18.0 Å². The van der Waals surface area contributed by atoms with E-state index in [9.17, 15) is 9.90 Å². The molecule has 0 radical (unpaired) electrons. The van der Waals surface area contributed by atoms with Crippen molar-refractivity contribution in [3.8, 4) is 34.3 Å². The van der Waals surface area contributed by atoms with Crippen LogP contribution in [0.2, 0.25) is 0 Å². The number of rotatable bonds is 4. The summed E-state index contributed by atoms with van der Waals surface area (Å²) in [5.74, 6) is 2.00. The second kappa shape index (κ2) is 7.57. The Hall–Kier alpha value is -3.19. The minimum absolute atomic E-state index is 0. The number of ether oxygens (including phenoxy) is 4. The fraction of sp³-hybridized carbons (Fsp3) is 0.273. The molecule has 2 aliphatic rings. The molecule has 30 heavy (non-hydrogen) atoms. The highest BCUT2D eigenvalue weighted by molar-refractivity contribution is 5.94. The molecule has 0 saturated heterocycles. The van der Waals surface area contributed by atoms with E-state index in [0.717, 1.165) is 33.3 Å². The summed E-state index contributed by atoms with van der Waals surface area (Å²) in [6, 6.07) is 9.47. The van der Waals surface area contributed by atoms with E-state index >= 15 is 0 Å². The van der Waals surface area contributed by atoms with Crippen LogP contribution < -0.4 is 35.9 Å². The molecule has 7 nitrogen and oxygen atoms in total. The molecule has 1 unspecified atom stereocenters. The molecule has 0 bridgehead atoms. The molecule has 3 aromatic rings. The summed E-state index contributed by atoms with van der Waals surface area (Å²) < 4.78 is 24.2. The molecule has 0 saturated carbocycles. The van der Waals surface area contributed by atoms with Gasteiger partial charge in [0.2, 0.25) is 12.5 Å². The lowest BCUT2D eigenvalue weighted by molar-refractivity contribution is -0.712. The normalized spacial score (nSPS) is 15.7. The summed E-state index contributed by atoms with van der Waals surface area (Å²) >= 11 is 0. The van der Waals surface area contributed by atoms with E-state index in [1.807, 2.05) is 41.1 Å². The average Bonchev–Trinajstić information content (AvgIpc) is 3.17. The first-order chi connectivity index (χ1) is 14.1. The average molecular weight is 430 g/mol. The number of carboxylic acids is 1. The Kier molecular flexibility index (Phi) is 5.07. The van der Waals surface area contributed by atoms with Gasteiger partial charge < -0.3 is 36.5 Å². The molecular weight excluding hydrogens is 410 g/mol. The summed E-state index contributed by atoms with van der Waals surface area (Å²) in [7, 11) is 3.25. The third-order valence-corrected chi connectivity index (χ3v) is 5.61. The predicted molar refractivity (Wildman–Crippen MR) is 104 cm³/mol. The molecular formula is C22H20ClNO6. The topological polar surface area (TPSA) is 78.1 Å². The van der Waals surface area contributed by atoms with Gasteiger partial charge in [-0.2, -0.15) is 4.57 Å². The number of hydrogen-bond donors (Lipinski definition) is 1. The summed E-state index contributed by atoms with van der Waals surface area (Å²) in [6.07, 6.45) is 2.57. The van der Waals surface area contributed by atoms with E-state index in [-0.39, 0.29) is 31.7 Å². The van der Waals surface area contributed by atoms with Gasteiger partial charge in [-0.15, -0.1) is 0 Å². The summed E-state index contributed by atoms with van der Waals surface area (Å²) in [5.41, 5.74) is 2.96. The standard InChI is InChI=1S/C22H19NO6.ClH/c1-26-18-3-4-19(27-2)16-10-23-13(7-22(24)25)5-12-6-20-21(29-11-28-20)9-14(12)17(23)8-15(16)18;/h3-4,6,8-10,13H,5,7,11H2,1-2H3;1H. The molecule has 5 rings (SSSR count). The number of carbonyl (C=O) groups is 1. The van der Waals surface area contributed by atoms with E-state index in [0.29, 0.717) is 23.7 Å². The van der Waals surface area contributed by atoms with Crippen LogP contribution in [0.5, 0.6) is 23.0 Å². The summed E-state index contributed by atoms with van der Waals surface area (Å²) in [6.45, 7) is 0.194. The van der Waals surface area contributed by atoms with Gasteiger partial charge in [-0.05, 0) is 29.8 Å². The molecule has 3 heterocycles. The summed E-state index contributed by atoms with van der Waals surface area (Å²) in [5, 5.41) is 11.3. The van der Waals surface area contributed by atoms with Crippen molar-refractivity contribution in [1.82, 2.24) is 0 Å². The third-order valence-electron chi connectivity index (χ3n) is 5.61. The predicted octanol–water partition coefficient (Wildman–Crippen LogP) is 0.116. The fourth-order valence-corrected chi connectivity index (χ4v) is 4.29. The number of fused-ring (bicyclic) bond motifs is 5. The van der Waals surface area contributed by atoms with Gasteiger partial charge in [0, 0.05) is 17.9 Å². The van der Waals surface area contributed by atoms with Crippen LogP contribution in [-0.2, 0) is 11.2 Å². The number of carboxylic acid groups (broad SMARTS) is 1. The Morgan fingerprint density at radius 3 is 2.43 bits per heavy atom. The number of nitrogens with zero attached hydrogens (tertiary/aromatic N) is 1. The number of pyridine rings is 1. The SMILES string of the molecule is COc1ccc(OC)c2c[n+]3c(cc12)-c1cc2c(cc1CC3CC(=O)O)OCO2.[Cl-]. The maximum atomic E-state index is 11.6. The highest BCUT2D eigenvalue weighted by Gasteiger charge is 2.36. The smallest absolute Gasteiger partial charge is 0.310 e. The van der Waals surface area contributed by atoms with Gasteiger partial charge in [-0.1, -0.05) is 0 Å². The zero-order valence-electron chi connectivity index (χ0n) is 16.5. The highest BCUT2D eigenvalue weighted by Crippen LogP contribution is 2.43. The molecule has 8 heteroatoms. The Morgan fingerprint density at radius 2 is 1.77 bits per heavy atom. The van der Waals surface area contributed by atoms with E-state index < -0.39 is 5.97 Å². The Bertz CT molecular complexity index is 1160. The third kappa shape index (κ3) is 3.06. The van der Waals surface area contributed by atoms with Crippen molar-refractivity contribution >= 4 is 16.7 Å². The van der Waals surface area contributed by atoms with Gasteiger partial charge in [0.25, 0.3) is 0 Å². The van der Waals surface area contributed by atoms with Crippen LogP contribution in [0.3, 0.4) is 0 Å². The lowest BCUT2D eigenvalue weighted by atomic mass is 9.89. The van der Waals surface area contributed by atoms with Crippen LogP contribution in [0.15, 0.2) is 36.5 Å². The van der Waals surface area contributed by atoms with Crippen molar-refractivity contribution in [3.05, 3.63) is 42.1 Å². The van der Waals surface area contributed by atoms with Crippen LogP contribution in [0.4, 0.5) is 0 Å². The number of methoxy groups -OCH3 is 2. The van der Waals surface area contributed by atoms with Gasteiger partial charge in [0.1, 0.15) is 17.9 Å². The first-order valence-electron chi connectivity index (χ1n) is 9.33. The van der Waals surface area contributed by atoms with Crippen LogP contribution in [0.25, 0.3) is 22.0 Å². The fourth-order valence-electron chi connectivity index (χ4n) is 4.29. The molecule has 0 spiro atoms. The number of benzene rings is 2. The number of halogens is 1. The maximum Gasteiger partial charge on any atom is 0.310 e. The Morgan fingerprint density at radius 1 is 1.10 bits per heavy atom. The van der Waals surface area contributed by atoms with Gasteiger partial charge in [-0.25, -0.2) is 0 Å². The van der Waals surface area contributed by atoms with Crippen LogP contribution in [-0.4, -0.2) is 32.1 Å². The lowest BCUT2D eigenvalue weighted by Gasteiger charge is -2.23. The highest BCUT2D eigenvalue weighted by atomic mass is 35.5. The maximum absolute atomic E-state index is 11.6. The Balaban J connectivity index is 0.00000218. The molecule has 156 valence electrons. The zero-order valence-corrected chi connectivity index (χ0v) is 17.2. The minimum atomic E-state index is -0.838. The molecule has 1 aromatic heterocycles. The van der Waals surface area contributed by atoms with Crippen molar-refractivity contribution in [2.45, 2.75) is 18.9 Å². The number of aromatic nitrogens is 1. The van der Waals surface area contributed by atoms with E-state index in [4.69, 9.17) is 18.9 Å². The van der Waals surface area contributed by atoms with Gasteiger partial charge in [0.15, 0.2) is 23.7 Å². The van der Waals surface area contributed by atoms with Gasteiger partial charge >= 0.3 is 5.97 Å². The minimum Gasteiger partial charge on any atom is -1.00 e. The van der Waals surface area contributed by atoms with E-state index in [1.54, 1.807) is 14.2 Å². The molecule has 2 aromatic carbocycles. The van der Waals surface area contributed by atoms with Crippen molar-refractivity contribution in [3.63, 3.8) is 0 Å². The molecule has 0 amide bonds. The van der Waals surface area contributed by atoms with Crippen LogP contribution >= 0.6 is 0 Å². The second-order valence-corrected chi connectivity index (χ2v) is 7.18. The van der Waals surface area contributed by atoms with Crippen LogP contribution in [0, 0.1) is 0 Å². The molecule has 0 fully saturated rings. The molecule has 1 N–H and O–H groups in total. The monoisotopic (exact) mass is 429 g/mol. The largest absolute Gasteiger partial charge is 1.00 e. The van der Waals surface area contributed by atoms with Crippen molar-refractivity contribution in [2.24, 2.45) is 0 Å². The van der Waals surface area contributed by atoms with Crippen molar-refractivity contribution in [2.75, 3.05) is 21.0 Å². The van der Waals surface area contributed by atoms with E-state index in [1.165, 1.54) is 0 Å². The van der Waals surface area contributed by atoms with Crippen molar-refractivity contribution < 1.29 is 45.8 Å². The first kappa shape index (κ1) is 20.1. The molecule has 2 aliphatic heterocycles. The van der Waals surface area contributed by atoms with Crippen molar-refractivity contribution in [1.29, 1.82) is 0 Å². The number of hydrogen-bond acceptors (Lipinski definition) is 5. The zero-order chi connectivity index (χ0) is 20.1. The van der Waals surface area contributed by atoms with E-state index in [2.05, 4.69) is 0 Å². The Labute approximate surface area is 179 Å². The lowest BCUT2D eigenvalue weighted by Crippen LogP contribution is -3.00. The quantitative estimate of drug-likeness (QED) is 0.593. The summed E-state index contributed by atoms with van der Waals surface area (Å²) in [4.78, 5) is 11.6.